The molecule has 0 saturated carbocycles. The standard InChI is InChI=1S/C24H27F6N5O3/c1-2-35-14-18(19(32-35)20(36)31-8-15-6-4-3-5-7-15)11-33-9-16-12-34(13-17(16)10-33)22(37)38-21(23(25,26)27)24(28,29)30/h3-7,14,16-17,21H,2,8-13H2,1H3,(H,31,36). The highest BCUT2D eigenvalue weighted by Gasteiger charge is 2.60. The second-order valence-electron chi connectivity index (χ2n) is 9.49. The van der Waals surface area contributed by atoms with Gasteiger partial charge in [-0.25, -0.2) is 4.79 Å². The van der Waals surface area contributed by atoms with Crippen LogP contribution in [0.25, 0.3) is 0 Å². The minimum atomic E-state index is -5.76. The fourth-order valence-electron chi connectivity index (χ4n) is 4.90. The van der Waals surface area contributed by atoms with Crippen molar-refractivity contribution in [3.63, 3.8) is 0 Å². The lowest BCUT2D eigenvalue weighted by molar-refractivity contribution is -0.308. The number of benzene rings is 1. The number of carbonyl (C=O) groups excluding carboxylic acids is 2. The van der Waals surface area contributed by atoms with Crippen molar-refractivity contribution in [2.24, 2.45) is 11.8 Å². The normalized spacial score (nSPS) is 20.2. The van der Waals surface area contributed by atoms with Crippen LogP contribution in [0.1, 0.15) is 28.5 Å². The quantitative estimate of drug-likeness (QED) is 0.534. The predicted molar refractivity (Wildman–Crippen MR) is 122 cm³/mol. The summed E-state index contributed by atoms with van der Waals surface area (Å²) < 4.78 is 82.0. The summed E-state index contributed by atoms with van der Waals surface area (Å²) >= 11 is 0. The molecule has 2 amide bonds. The fourth-order valence-corrected chi connectivity index (χ4v) is 4.90. The van der Waals surface area contributed by atoms with Crippen molar-refractivity contribution in [1.29, 1.82) is 0 Å². The monoisotopic (exact) mass is 547 g/mol. The summed E-state index contributed by atoms with van der Waals surface area (Å²) in [7, 11) is 0. The number of halogens is 6. The molecule has 0 aliphatic carbocycles. The number of likely N-dealkylation sites (tertiary alicyclic amines) is 2. The number of amides is 2. The van der Waals surface area contributed by atoms with Gasteiger partial charge in [0.15, 0.2) is 5.69 Å². The Hall–Kier alpha value is -3.29. The number of hydrogen-bond acceptors (Lipinski definition) is 5. The highest BCUT2D eigenvalue weighted by molar-refractivity contribution is 5.93. The van der Waals surface area contributed by atoms with E-state index in [0.717, 1.165) is 10.5 Å². The summed E-state index contributed by atoms with van der Waals surface area (Å²) in [5.74, 6) is -0.614. The third-order valence-corrected chi connectivity index (χ3v) is 6.70. The molecule has 0 spiro atoms. The van der Waals surface area contributed by atoms with Crippen molar-refractivity contribution in [3.8, 4) is 0 Å². The molecule has 1 aromatic heterocycles. The highest BCUT2D eigenvalue weighted by atomic mass is 19.4. The van der Waals surface area contributed by atoms with Crippen LogP contribution in [0, 0.1) is 11.8 Å². The van der Waals surface area contributed by atoms with Crippen LogP contribution in [0.5, 0.6) is 0 Å². The van der Waals surface area contributed by atoms with Crippen LogP contribution in [0.3, 0.4) is 0 Å². The van der Waals surface area contributed by atoms with E-state index in [1.165, 1.54) is 0 Å². The summed E-state index contributed by atoms with van der Waals surface area (Å²) in [6, 6.07) is 9.39. The third-order valence-electron chi connectivity index (χ3n) is 6.70. The van der Waals surface area contributed by atoms with E-state index in [2.05, 4.69) is 15.2 Å². The van der Waals surface area contributed by atoms with E-state index >= 15 is 0 Å². The van der Waals surface area contributed by atoms with Gasteiger partial charge in [0.2, 0.25) is 0 Å². The Kier molecular flexibility index (Phi) is 7.90. The number of ether oxygens (including phenoxy) is 1. The SMILES string of the molecule is CCn1cc(CN2CC3CN(C(=O)OC(C(F)(F)F)C(F)(F)F)CC3C2)c(C(=O)NCc2ccccc2)n1. The van der Waals surface area contributed by atoms with E-state index < -0.39 is 24.5 Å². The van der Waals surface area contributed by atoms with Crippen molar-refractivity contribution in [3.05, 3.63) is 53.3 Å². The first-order valence-electron chi connectivity index (χ1n) is 12.0. The van der Waals surface area contributed by atoms with E-state index in [1.54, 1.807) is 10.9 Å². The largest absolute Gasteiger partial charge is 0.434 e. The van der Waals surface area contributed by atoms with E-state index in [-0.39, 0.29) is 36.5 Å². The number of aryl methyl sites for hydroxylation is 1. The summed E-state index contributed by atoms with van der Waals surface area (Å²) in [5.41, 5.74) is 1.92. The Balaban J connectivity index is 1.34. The molecule has 14 heteroatoms. The zero-order valence-electron chi connectivity index (χ0n) is 20.4. The van der Waals surface area contributed by atoms with Crippen molar-refractivity contribution >= 4 is 12.0 Å². The van der Waals surface area contributed by atoms with Crippen LogP contribution in [0.2, 0.25) is 0 Å². The number of alkyl halides is 6. The van der Waals surface area contributed by atoms with Crippen LogP contribution in [0.15, 0.2) is 36.5 Å². The van der Waals surface area contributed by atoms with Crippen LogP contribution >= 0.6 is 0 Å². The van der Waals surface area contributed by atoms with Gasteiger partial charge < -0.3 is 15.0 Å². The van der Waals surface area contributed by atoms with E-state index in [9.17, 15) is 35.9 Å². The minimum Gasteiger partial charge on any atom is -0.426 e. The van der Waals surface area contributed by atoms with Gasteiger partial charge in [-0.05, 0) is 24.3 Å². The fraction of sp³-hybridized carbons (Fsp3) is 0.542. The first kappa shape index (κ1) is 27.7. The molecule has 2 atom stereocenters. The number of rotatable bonds is 7. The van der Waals surface area contributed by atoms with Gasteiger partial charge >= 0.3 is 18.4 Å². The Bertz CT molecular complexity index is 1110. The van der Waals surface area contributed by atoms with Crippen LogP contribution in [-0.2, 0) is 24.4 Å². The molecule has 0 radical (unpaired) electrons. The average Bonchev–Trinajstić information content (AvgIpc) is 3.53. The van der Waals surface area contributed by atoms with E-state index in [0.29, 0.717) is 38.3 Å². The smallest absolute Gasteiger partial charge is 0.426 e. The van der Waals surface area contributed by atoms with Crippen molar-refractivity contribution in [2.75, 3.05) is 26.2 Å². The second-order valence-corrected chi connectivity index (χ2v) is 9.49. The molecule has 8 nitrogen and oxygen atoms in total. The van der Waals surface area contributed by atoms with Crippen molar-refractivity contribution < 1.29 is 40.7 Å². The summed E-state index contributed by atoms with van der Waals surface area (Å²) in [6.45, 7) is 4.05. The summed E-state index contributed by atoms with van der Waals surface area (Å²) in [6.07, 6.45) is -15.5. The molecule has 2 unspecified atom stereocenters. The van der Waals surface area contributed by atoms with Gasteiger partial charge in [-0.1, -0.05) is 30.3 Å². The Morgan fingerprint density at radius 3 is 2.18 bits per heavy atom. The molecule has 2 aliphatic rings. The molecule has 1 N–H and O–H groups in total. The lowest BCUT2D eigenvalue weighted by Crippen LogP contribution is -2.48. The van der Waals surface area contributed by atoms with Crippen molar-refractivity contribution in [1.82, 2.24) is 24.9 Å². The molecule has 2 fully saturated rings. The second kappa shape index (κ2) is 10.8. The summed E-state index contributed by atoms with van der Waals surface area (Å²) in [5, 5.41) is 7.24. The van der Waals surface area contributed by atoms with Gasteiger partial charge in [-0.2, -0.15) is 31.4 Å². The third kappa shape index (κ3) is 6.40. The molecule has 208 valence electrons. The van der Waals surface area contributed by atoms with Gasteiger partial charge in [0.05, 0.1) is 0 Å². The molecule has 3 heterocycles. The first-order valence-corrected chi connectivity index (χ1v) is 12.0. The lowest BCUT2D eigenvalue weighted by atomic mass is 10.0. The van der Waals surface area contributed by atoms with Gasteiger partial charge in [0, 0.05) is 57.6 Å². The number of hydrogen-bond donors (Lipinski definition) is 1. The van der Waals surface area contributed by atoms with Crippen LogP contribution in [0.4, 0.5) is 31.1 Å². The van der Waals surface area contributed by atoms with Gasteiger partial charge in [0.25, 0.3) is 12.0 Å². The Morgan fingerprint density at radius 1 is 1.03 bits per heavy atom. The first-order chi connectivity index (χ1) is 17.8. The van der Waals surface area contributed by atoms with E-state index in [4.69, 9.17) is 0 Å². The zero-order chi connectivity index (χ0) is 27.7. The number of aromatic nitrogens is 2. The van der Waals surface area contributed by atoms with E-state index in [1.807, 2.05) is 42.2 Å². The summed E-state index contributed by atoms with van der Waals surface area (Å²) in [4.78, 5) is 27.9. The molecule has 2 saturated heterocycles. The molecule has 0 bridgehead atoms. The maximum absolute atomic E-state index is 12.9. The number of carbonyl (C=O) groups is 2. The minimum absolute atomic E-state index is 0.0128. The Morgan fingerprint density at radius 2 is 1.63 bits per heavy atom. The molecule has 4 rings (SSSR count). The van der Waals surface area contributed by atoms with Crippen molar-refractivity contribution in [2.45, 2.75) is 45.0 Å². The number of fused-ring (bicyclic) bond motifs is 1. The maximum atomic E-state index is 12.9. The molecule has 38 heavy (non-hydrogen) atoms. The van der Waals surface area contributed by atoms with Gasteiger partial charge in [-0.3, -0.25) is 14.4 Å². The zero-order valence-corrected chi connectivity index (χ0v) is 20.4. The molecule has 1 aromatic carbocycles. The average molecular weight is 548 g/mol. The van der Waals surface area contributed by atoms with Crippen LogP contribution < -0.4 is 5.32 Å². The lowest BCUT2D eigenvalue weighted by Gasteiger charge is -2.26. The number of nitrogens with one attached hydrogen (secondary N) is 1. The topological polar surface area (TPSA) is 79.7 Å². The van der Waals surface area contributed by atoms with Gasteiger partial charge in [-0.15, -0.1) is 0 Å². The molecular formula is C24H27F6N5O3. The molecular weight excluding hydrogens is 520 g/mol. The maximum Gasteiger partial charge on any atom is 0.434 e. The highest BCUT2D eigenvalue weighted by Crippen LogP contribution is 2.37. The van der Waals surface area contributed by atoms with Crippen LogP contribution in [-0.4, -0.2) is 76.2 Å². The van der Waals surface area contributed by atoms with Gasteiger partial charge in [0.1, 0.15) is 0 Å². The number of nitrogens with zero attached hydrogens (tertiary/aromatic N) is 4. The Labute approximate surface area is 214 Å². The molecule has 2 aromatic rings. The predicted octanol–water partition coefficient (Wildman–Crippen LogP) is 3.83. The molecule has 2 aliphatic heterocycles.